The number of hydrogen-bond acceptors (Lipinski definition) is 4. The summed E-state index contributed by atoms with van der Waals surface area (Å²) < 4.78 is 5.54. The van der Waals surface area contributed by atoms with Crippen LogP contribution in [0.25, 0.3) is 0 Å². The minimum absolute atomic E-state index is 0.706. The Morgan fingerprint density at radius 2 is 2.22 bits per heavy atom. The summed E-state index contributed by atoms with van der Waals surface area (Å²) in [4.78, 5) is 7.39. The minimum Gasteiger partial charge on any atom is -0.444 e. The fraction of sp³-hybridized carbons (Fsp3) is 0.500. The van der Waals surface area contributed by atoms with Gasteiger partial charge in [0.05, 0.1) is 12.2 Å². The van der Waals surface area contributed by atoms with Gasteiger partial charge in [0.1, 0.15) is 5.76 Å². The van der Waals surface area contributed by atoms with E-state index in [0.29, 0.717) is 6.54 Å². The zero-order chi connectivity index (χ0) is 12.5. The van der Waals surface area contributed by atoms with Gasteiger partial charge >= 0.3 is 0 Å². The minimum atomic E-state index is 0.706. The van der Waals surface area contributed by atoms with Crippen LogP contribution in [0.1, 0.15) is 39.1 Å². The highest BCUT2D eigenvalue weighted by molar-refractivity contribution is 7.12. The van der Waals surface area contributed by atoms with Crippen LogP contribution in [0.5, 0.6) is 0 Å². The van der Waals surface area contributed by atoms with E-state index in [2.05, 4.69) is 16.4 Å². The van der Waals surface area contributed by atoms with Crippen LogP contribution < -0.4 is 5.32 Å². The SMILES string of the molecule is Cc1nc(CNCc2cc3c(s2)CCC3)oc1C. The van der Waals surface area contributed by atoms with Gasteiger partial charge in [-0.25, -0.2) is 4.98 Å². The van der Waals surface area contributed by atoms with E-state index >= 15 is 0 Å². The molecule has 96 valence electrons. The van der Waals surface area contributed by atoms with E-state index in [-0.39, 0.29) is 0 Å². The molecule has 3 rings (SSSR count). The molecule has 0 unspecified atom stereocenters. The molecule has 0 aromatic carbocycles. The number of nitrogens with one attached hydrogen (secondary N) is 1. The molecule has 0 spiro atoms. The van der Waals surface area contributed by atoms with E-state index in [1.807, 2.05) is 25.2 Å². The summed E-state index contributed by atoms with van der Waals surface area (Å²) in [7, 11) is 0. The van der Waals surface area contributed by atoms with Crippen LogP contribution in [0.4, 0.5) is 0 Å². The second-order valence-corrected chi connectivity index (χ2v) is 6.09. The van der Waals surface area contributed by atoms with E-state index < -0.39 is 0 Å². The van der Waals surface area contributed by atoms with E-state index in [0.717, 1.165) is 23.9 Å². The largest absolute Gasteiger partial charge is 0.444 e. The summed E-state index contributed by atoms with van der Waals surface area (Å²) >= 11 is 1.95. The second-order valence-electron chi connectivity index (χ2n) is 4.87. The van der Waals surface area contributed by atoms with Crippen molar-refractivity contribution in [2.75, 3.05) is 0 Å². The molecule has 0 saturated carbocycles. The Kier molecular flexibility index (Phi) is 3.22. The quantitative estimate of drug-likeness (QED) is 0.920. The molecule has 1 aliphatic carbocycles. The molecule has 1 N–H and O–H groups in total. The summed E-state index contributed by atoms with van der Waals surface area (Å²) in [6, 6.07) is 2.35. The third-order valence-corrected chi connectivity index (χ3v) is 4.68. The number of oxazole rings is 1. The van der Waals surface area contributed by atoms with Crippen molar-refractivity contribution >= 4 is 11.3 Å². The maximum Gasteiger partial charge on any atom is 0.208 e. The first-order chi connectivity index (χ1) is 8.72. The Hall–Kier alpha value is -1.13. The molecule has 1 aliphatic rings. The molecular formula is C14H18N2OS. The summed E-state index contributed by atoms with van der Waals surface area (Å²) in [5.41, 5.74) is 2.56. The zero-order valence-corrected chi connectivity index (χ0v) is 11.7. The lowest BCUT2D eigenvalue weighted by molar-refractivity contribution is 0.449. The van der Waals surface area contributed by atoms with Crippen LogP contribution >= 0.6 is 11.3 Å². The van der Waals surface area contributed by atoms with E-state index in [4.69, 9.17) is 4.42 Å². The van der Waals surface area contributed by atoms with Crippen molar-refractivity contribution in [3.8, 4) is 0 Å². The van der Waals surface area contributed by atoms with Crippen molar-refractivity contribution in [1.29, 1.82) is 0 Å². The van der Waals surface area contributed by atoms with Gasteiger partial charge in [0, 0.05) is 16.3 Å². The van der Waals surface area contributed by atoms with Crippen molar-refractivity contribution in [1.82, 2.24) is 10.3 Å². The van der Waals surface area contributed by atoms with Crippen LogP contribution in [0.15, 0.2) is 10.5 Å². The number of fused-ring (bicyclic) bond motifs is 1. The van der Waals surface area contributed by atoms with E-state index in [1.165, 1.54) is 24.1 Å². The first kappa shape index (κ1) is 11.9. The molecule has 3 nitrogen and oxygen atoms in total. The number of nitrogens with zero attached hydrogens (tertiary/aromatic N) is 1. The molecule has 18 heavy (non-hydrogen) atoms. The highest BCUT2D eigenvalue weighted by Crippen LogP contribution is 2.30. The molecule has 4 heteroatoms. The summed E-state index contributed by atoms with van der Waals surface area (Å²) in [5.74, 6) is 1.70. The first-order valence-electron chi connectivity index (χ1n) is 6.46. The fourth-order valence-electron chi connectivity index (χ4n) is 2.39. The Labute approximate surface area is 111 Å². The number of aromatic nitrogens is 1. The van der Waals surface area contributed by atoms with E-state index in [9.17, 15) is 0 Å². The Morgan fingerprint density at radius 3 is 2.94 bits per heavy atom. The average molecular weight is 262 g/mol. The van der Waals surface area contributed by atoms with Crippen molar-refractivity contribution in [2.24, 2.45) is 0 Å². The van der Waals surface area contributed by atoms with Crippen LogP contribution in [0.3, 0.4) is 0 Å². The highest BCUT2D eigenvalue weighted by atomic mass is 32.1. The van der Waals surface area contributed by atoms with Crippen LogP contribution in [0, 0.1) is 13.8 Å². The standard InChI is InChI=1S/C14H18N2OS/c1-9-10(2)17-14(16-9)8-15-7-12-6-11-4-3-5-13(11)18-12/h6,15H,3-5,7-8H2,1-2H3. The molecule has 0 bridgehead atoms. The predicted octanol–water partition coefficient (Wildman–Crippen LogP) is 3.13. The first-order valence-corrected chi connectivity index (χ1v) is 7.28. The molecule has 2 aromatic heterocycles. The number of aryl methyl sites for hydroxylation is 4. The van der Waals surface area contributed by atoms with Gasteiger partial charge in [0.25, 0.3) is 0 Å². The number of thiophene rings is 1. The van der Waals surface area contributed by atoms with Gasteiger partial charge in [0.2, 0.25) is 5.89 Å². The average Bonchev–Trinajstić information content (AvgIpc) is 2.95. The summed E-state index contributed by atoms with van der Waals surface area (Å²) in [6.07, 6.45) is 3.88. The Morgan fingerprint density at radius 1 is 1.33 bits per heavy atom. The molecule has 2 aromatic rings. The lowest BCUT2D eigenvalue weighted by Gasteiger charge is -1.99. The maximum atomic E-state index is 5.54. The fourth-order valence-corrected chi connectivity index (χ4v) is 3.62. The third-order valence-electron chi connectivity index (χ3n) is 3.45. The van der Waals surface area contributed by atoms with Crippen molar-refractivity contribution in [2.45, 2.75) is 46.2 Å². The van der Waals surface area contributed by atoms with Gasteiger partial charge in [-0.2, -0.15) is 0 Å². The molecule has 2 heterocycles. The van der Waals surface area contributed by atoms with Crippen molar-refractivity contribution in [3.05, 3.63) is 38.7 Å². The van der Waals surface area contributed by atoms with Crippen LogP contribution in [-0.4, -0.2) is 4.98 Å². The van der Waals surface area contributed by atoms with Gasteiger partial charge in [-0.1, -0.05) is 0 Å². The molecular weight excluding hydrogens is 244 g/mol. The normalized spacial score (nSPS) is 14.1. The topological polar surface area (TPSA) is 38.1 Å². The van der Waals surface area contributed by atoms with Gasteiger partial charge in [0.15, 0.2) is 0 Å². The number of hydrogen-bond donors (Lipinski definition) is 1. The Bertz CT molecular complexity index is 515. The predicted molar refractivity (Wildman–Crippen MR) is 72.9 cm³/mol. The molecule has 0 fully saturated rings. The van der Waals surface area contributed by atoms with Crippen LogP contribution in [-0.2, 0) is 25.9 Å². The molecule has 0 aliphatic heterocycles. The lowest BCUT2D eigenvalue weighted by Crippen LogP contribution is -2.12. The number of rotatable bonds is 4. The summed E-state index contributed by atoms with van der Waals surface area (Å²) in [6.45, 7) is 5.55. The van der Waals surface area contributed by atoms with Gasteiger partial charge < -0.3 is 9.73 Å². The van der Waals surface area contributed by atoms with Crippen molar-refractivity contribution < 1.29 is 4.42 Å². The second kappa shape index (κ2) is 4.86. The monoisotopic (exact) mass is 262 g/mol. The molecule has 0 saturated heterocycles. The van der Waals surface area contributed by atoms with Crippen molar-refractivity contribution in [3.63, 3.8) is 0 Å². The Balaban J connectivity index is 1.55. The van der Waals surface area contributed by atoms with Gasteiger partial charge in [-0.15, -0.1) is 11.3 Å². The highest BCUT2D eigenvalue weighted by Gasteiger charge is 2.14. The lowest BCUT2D eigenvalue weighted by atomic mass is 10.2. The molecule has 0 radical (unpaired) electrons. The van der Waals surface area contributed by atoms with Gasteiger partial charge in [-0.3, -0.25) is 0 Å². The molecule has 0 atom stereocenters. The zero-order valence-electron chi connectivity index (χ0n) is 10.9. The van der Waals surface area contributed by atoms with E-state index in [1.54, 1.807) is 10.4 Å². The summed E-state index contributed by atoms with van der Waals surface area (Å²) in [5, 5.41) is 3.40. The molecule has 0 amide bonds. The smallest absolute Gasteiger partial charge is 0.208 e. The third kappa shape index (κ3) is 2.35. The van der Waals surface area contributed by atoms with Crippen LogP contribution in [0.2, 0.25) is 0 Å². The maximum absolute atomic E-state index is 5.54. The van der Waals surface area contributed by atoms with Gasteiger partial charge in [-0.05, 0) is 44.7 Å².